The van der Waals surface area contributed by atoms with Gasteiger partial charge in [0, 0.05) is 19.7 Å². The van der Waals surface area contributed by atoms with Gasteiger partial charge in [-0.25, -0.2) is 8.42 Å². The average Bonchev–Trinajstić information content (AvgIpc) is 2.96. The molecule has 214 valence electrons. The number of hydrogen-bond donors (Lipinski definition) is 1. The van der Waals surface area contributed by atoms with E-state index in [1.165, 1.54) is 44.4 Å². The van der Waals surface area contributed by atoms with Crippen molar-refractivity contribution in [3.05, 3.63) is 83.4 Å². The summed E-state index contributed by atoms with van der Waals surface area (Å²) in [5, 5.41) is 2.63. The second-order valence-corrected chi connectivity index (χ2v) is 11.3. The first-order valence-electron chi connectivity index (χ1n) is 12.9. The average molecular weight is 568 g/mol. The number of amides is 2. The summed E-state index contributed by atoms with van der Waals surface area (Å²) in [5.41, 5.74) is 3.14. The number of hydrogen-bond acceptors (Lipinski definition) is 6. The van der Waals surface area contributed by atoms with Gasteiger partial charge < -0.3 is 19.7 Å². The largest absolute Gasteiger partial charge is 0.493 e. The molecule has 3 rings (SSSR count). The van der Waals surface area contributed by atoms with Crippen LogP contribution in [0.3, 0.4) is 0 Å². The Hall–Kier alpha value is -4.05. The molecule has 3 aromatic carbocycles. The Morgan fingerprint density at radius 2 is 1.45 bits per heavy atom. The summed E-state index contributed by atoms with van der Waals surface area (Å²) < 4.78 is 39.7. The van der Waals surface area contributed by atoms with Gasteiger partial charge in [-0.15, -0.1) is 0 Å². The summed E-state index contributed by atoms with van der Waals surface area (Å²) in [7, 11) is 0.153. The molecule has 0 saturated heterocycles. The molecule has 3 aromatic rings. The van der Waals surface area contributed by atoms with Crippen LogP contribution in [0.15, 0.2) is 71.6 Å². The van der Waals surface area contributed by atoms with Crippen molar-refractivity contribution in [2.24, 2.45) is 0 Å². The monoisotopic (exact) mass is 567 g/mol. The molecular formula is C30H37N3O6S. The quantitative estimate of drug-likeness (QED) is 0.354. The van der Waals surface area contributed by atoms with Crippen LogP contribution in [0.25, 0.3) is 0 Å². The Kier molecular flexibility index (Phi) is 10.2. The number of nitrogens with zero attached hydrogens (tertiary/aromatic N) is 2. The number of rotatable bonds is 12. The Labute approximate surface area is 236 Å². The Morgan fingerprint density at radius 1 is 0.875 bits per heavy atom. The molecule has 1 atom stereocenters. The van der Waals surface area contributed by atoms with Crippen LogP contribution in [0.4, 0.5) is 5.69 Å². The maximum atomic E-state index is 14.0. The van der Waals surface area contributed by atoms with Gasteiger partial charge >= 0.3 is 0 Å². The number of methoxy groups -OCH3 is 2. The van der Waals surface area contributed by atoms with Crippen molar-refractivity contribution >= 4 is 27.5 Å². The second kappa shape index (κ2) is 13.3. The molecule has 0 aliphatic carbocycles. The standard InChI is InChI=1S/C30H37N3O6S/c1-7-26(30(35)31-4)32(19-23-12-8-21(2)9-13-23)29(34)20-33(24-14-10-22(3)11-15-24)40(36,37)25-16-17-27(38-5)28(18-25)39-6/h8-18,26H,7,19-20H2,1-6H3,(H,31,35)/t26-/m1/s1. The molecule has 2 amide bonds. The van der Waals surface area contributed by atoms with E-state index in [0.717, 1.165) is 21.0 Å². The number of ether oxygens (including phenoxy) is 2. The molecule has 9 nitrogen and oxygen atoms in total. The highest BCUT2D eigenvalue weighted by Crippen LogP contribution is 2.32. The molecule has 0 bridgehead atoms. The first kappa shape index (κ1) is 30.5. The van der Waals surface area contributed by atoms with E-state index < -0.39 is 28.5 Å². The Bertz CT molecular complexity index is 1420. The van der Waals surface area contributed by atoms with Gasteiger partial charge in [0.2, 0.25) is 11.8 Å². The van der Waals surface area contributed by atoms with Gasteiger partial charge in [0.15, 0.2) is 11.5 Å². The molecule has 10 heteroatoms. The van der Waals surface area contributed by atoms with Crippen LogP contribution in [0.1, 0.15) is 30.0 Å². The van der Waals surface area contributed by atoms with Crippen LogP contribution in [0.2, 0.25) is 0 Å². The molecule has 1 N–H and O–H groups in total. The first-order chi connectivity index (χ1) is 19.0. The van der Waals surface area contributed by atoms with E-state index >= 15 is 0 Å². The maximum absolute atomic E-state index is 14.0. The third-order valence-electron chi connectivity index (χ3n) is 6.65. The molecule has 0 radical (unpaired) electrons. The minimum atomic E-state index is -4.24. The lowest BCUT2D eigenvalue weighted by Gasteiger charge is -2.33. The molecular weight excluding hydrogens is 530 g/mol. The lowest BCUT2D eigenvalue weighted by atomic mass is 10.1. The minimum absolute atomic E-state index is 0.0676. The second-order valence-electron chi connectivity index (χ2n) is 9.41. The Morgan fingerprint density at radius 3 is 1.98 bits per heavy atom. The van der Waals surface area contributed by atoms with E-state index in [-0.39, 0.29) is 23.1 Å². The third kappa shape index (κ3) is 6.93. The first-order valence-corrected chi connectivity index (χ1v) is 14.4. The lowest BCUT2D eigenvalue weighted by Crippen LogP contribution is -2.51. The van der Waals surface area contributed by atoms with Crippen LogP contribution < -0.4 is 19.1 Å². The van der Waals surface area contributed by atoms with Gasteiger partial charge in [-0.05, 0) is 50.1 Å². The smallest absolute Gasteiger partial charge is 0.264 e. The van der Waals surface area contributed by atoms with Crippen molar-refractivity contribution in [1.29, 1.82) is 0 Å². The number of carbonyl (C=O) groups is 2. The number of likely N-dealkylation sites (N-methyl/N-ethyl adjacent to an activating group) is 1. The van der Waals surface area contributed by atoms with Crippen molar-refractivity contribution in [2.75, 3.05) is 32.1 Å². The van der Waals surface area contributed by atoms with Crippen LogP contribution in [-0.4, -0.2) is 59.0 Å². The molecule has 0 fully saturated rings. The van der Waals surface area contributed by atoms with E-state index in [1.807, 2.05) is 45.0 Å². The molecule has 0 aromatic heterocycles. The van der Waals surface area contributed by atoms with Gasteiger partial charge in [0.1, 0.15) is 12.6 Å². The van der Waals surface area contributed by atoms with Gasteiger partial charge in [-0.2, -0.15) is 0 Å². The summed E-state index contributed by atoms with van der Waals surface area (Å²) in [6.45, 7) is 5.29. The molecule has 0 saturated carbocycles. The van der Waals surface area contributed by atoms with Gasteiger partial charge in [-0.3, -0.25) is 13.9 Å². The molecule has 0 aliphatic heterocycles. The molecule has 0 spiro atoms. The van der Waals surface area contributed by atoms with E-state index in [4.69, 9.17) is 9.47 Å². The molecule has 0 heterocycles. The number of benzene rings is 3. The SMILES string of the molecule is CC[C@H](C(=O)NC)N(Cc1ccc(C)cc1)C(=O)CN(c1ccc(C)cc1)S(=O)(=O)c1ccc(OC)c(OC)c1. The normalized spacial score (nSPS) is 11.8. The highest BCUT2D eigenvalue weighted by Gasteiger charge is 2.33. The summed E-state index contributed by atoms with van der Waals surface area (Å²) in [5.74, 6) is -0.223. The van der Waals surface area contributed by atoms with Gasteiger partial charge in [0.05, 0.1) is 24.8 Å². The zero-order valence-electron chi connectivity index (χ0n) is 23.8. The summed E-state index contributed by atoms with van der Waals surface area (Å²) in [6, 6.07) is 18.0. The van der Waals surface area contributed by atoms with Crippen LogP contribution in [-0.2, 0) is 26.2 Å². The van der Waals surface area contributed by atoms with Gasteiger partial charge in [0.25, 0.3) is 10.0 Å². The molecule has 40 heavy (non-hydrogen) atoms. The molecule has 0 unspecified atom stereocenters. The summed E-state index contributed by atoms with van der Waals surface area (Å²) in [4.78, 5) is 28.2. The van der Waals surface area contributed by atoms with E-state index in [1.54, 1.807) is 24.3 Å². The van der Waals surface area contributed by atoms with Crippen molar-refractivity contribution in [2.45, 2.75) is 44.7 Å². The summed E-state index contributed by atoms with van der Waals surface area (Å²) >= 11 is 0. The third-order valence-corrected chi connectivity index (χ3v) is 8.42. The van der Waals surface area contributed by atoms with Crippen molar-refractivity contribution < 1.29 is 27.5 Å². The predicted octanol–water partition coefficient (Wildman–Crippen LogP) is 4.07. The van der Waals surface area contributed by atoms with E-state index in [2.05, 4.69) is 5.32 Å². The fourth-order valence-electron chi connectivity index (χ4n) is 4.32. The highest BCUT2D eigenvalue weighted by atomic mass is 32.2. The topological polar surface area (TPSA) is 105 Å². The van der Waals surface area contributed by atoms with E-state index in [9.17, 15) is 18.0 Å². The lowest BCUT2D eigenvalue weighted by molar-refractivity contribution is -0.140. The zero-order chi connectivity index (χ0) is 29.4. The maximum Gasteiger partial charge on any atom is 0.264 e. The predicted molar refractivity (Wildman–Crippen MR) is 155 cm³/mol. The fraction of sp³-hybridized carbons (Fsp3) is 0.333. The van der Waals surface area contributed by atoms with E-state index in [0.29, 0.717) is 17.9 Å². The van der Waals surface area contributed by atoms with Crippen molar-refractivity contribution in [3.63, 3.8) is 0 Å². The van der Waals surface area contributed by atoms with Crippen LogP contribution in [0, 0.1) is 13.8 Å². The molecule has 0 aliphatic rings. The van der Waals surface area contributed by atoms with Crippen LogP contribution in [0.5, 0.6) is 11.5 Å². The number of carbonyl (C=O) groups excluding carboxylic acids is 2. The highest BCUT2D eigenvalue weighted by molar-refractivity contribution is 7.92. The minimum Gasteiger partial charge on any atom is -0.493 e. The summed E-state index contributed by atoms with van der Waals surface area (Å²) in [6.07, 6.45) is 0.351. The number of anilines is 1. The van der Waals surface area contributed by atoms with Crippen molar-refractivity contribution in [3.8, 4) is 11.5 Å². The number of aryl methyl sites for hydroxylation is 2. The zero-order valence-corrected chi connectivity index (χ0v) is 24.6. The van der Waals surface area contributed by atoms with Crippen LogP contribution >= 0.6 is 0 Å². The van der Waals surface area contributed by atoms with Gasteiger partial charge in [-0.1, -0.05) is 54.4 Å². The Balaban J connectivity index is 2.08. The fourth-order valence-corrected chi connectivity index (χ4v) is 5.75. The number of sulfonamides is 1. The number of nitrogens with one attached hydrogen (secondary N) is 1. The van der Waals surface area contributed by atoms with Crippen molar-refractivity contribution in [1.82, 2.24) is 10.2 Å².